The van der Waals surface area contributed by atoms with Crippen molar-refractivity contribution in [1.29, 1.82) is 0 Å². The van der Waals surface area contributed by atoms with Gasteiger partial charge in [0, 0.05) is 25.7 Å². The molecule has 0 aliphatic rings. The Morgan fingerprint density at radius 2 is 1.95 bits per heavy atom. The van der Waals surface area contributed by atoms with Crippen LogP contribution in [0.4, 0.5) is 0 Å². The molecular weight excluding hydrogens is 248 g/mol. The van der Waals surface area contributed by atoms with E-state index in [1.807, 2.05) is 13.2 Å². The van der Waals surface area contributed by atoms with E-state index in [1.54, 1.807) is 4.68 Å². The van der Waals surface area contributed by atoms with Crippen molar-refractivity contribution < 1.29 is 0 Å². The molecule has 0 amide bonds. The minimum Gasteiger partial charge on any atom is -0.310 e. The maximum atomic E-state index is 4.20. The largest absolute Gasteiger partial charge is 0.310 e. The minimum absolute atomic E-state index is 0.303. The average Bonchev–Trinajstić information content (AvgIpc) is 2.89. The van der Waals surface area contributed by atoms with Gasteiger partial charge in [-0.05, 0) is 30.5 Å². The zero-order valence-electron chi connectivity index (χ0n) is 12.6. The zero-order valence-corrected chi connectivity index (χ0v) is 12.6. The van der Waals surface area contributed by atoms with Gasteiger partial charge in [0.2, 0.25) is 0 Å². The lowest BCUT2D eigenvalue weighted by molar-refractivity contribution is 0.524. The van der Waals surface area contributed by atoms with Crippen molar-refractivity contribution in [3.63, 3.8) is 0 Å². The predicted octanol–water partition coefficient (Wildman–Crippen LogP) is 2.66. The topological polar surface area (TPSA) is 42.7 Å². The molecule has 0 aliphatic heterocycles. The summed E-state index contributed by atoms with van der Waals surface area (Å²) in [7, 11) is 1.90. The maximum Gasteiger partial charge on any atom is 0.0845 e. The third kappa shape index (κ3) is 3.90. The summed E-state index contributed by atoms with van der Waals surface area (Å²) in [4.78, 5) is 0. The van der Waals surface area contributed by atoms with Gasteiger partial charge in [0.15, 0.2) is 0 Å². The van der Waals surface area contributed by atoms with E-state index in [-0.39, 0.29) is 0 Å². The van der Waals surface area contributed by atoms with Gasteiger partial charge in [-0.25, -0.2) is 0 Å². The number of hydrogen-bond acceptors (Lipinski definition) is 3. The van der Waals surface area contributed by atoms with Crippen LogP contribution in [0.2, 0.25) is 0 Å². The van der Waals surface area contributed by atoms with Crippen molar-refractivity contribution in [1.82, 2.24) is 20.3 Å². The number of rotatable bonds is 7. The van der Waals surface area contributed by atoms with Crippen LogP contribution in [0.25, 0.3) is 0 Å². The molecular formula is C16H24N4. The second-order valence-corrected chi connectivity index (χ2v) is 5.19. The first-order valence-corrected chi connectivity index (χ1v) is 7.40. The summed E-state index contributed by atoms with van der Waals surface area (Å²) in [6.45, 7) is 5.38. The van der Waals surface area contributed by atoms with Crippen LogP contribution in [-0.4, -0.2) is 21.5 Å². The van der Waals surface area contributed by atoms with Crippen molar-refractivity contribution in [3.05, 3.63) is 47.3 Å². The fraction of sp³-hybridized carbons (Fsp3) is 0.500. The van der Waals surface area contributed by atoms with E-state index in [2.05, 4.69) is 53.7 Å². The van der Waals surface area contributed by atoms with Gasteiger partial charge >= 0.3 is 0 Å². The predicted molar refractivity (Wildman–Crippen MR) is 81.6 cm³/mol. The van der Waals surface area contributed by atoms with E-state index in [0.29, 0.717) is 6.04 Å². The monoisotopic (exact) mass is 272 g/mol. The third-order valence-electron chi connectivity index (χ3n) is 3.49. The highest BCUT2D eigenvalue weighted by Crippen LogP contribution is 2.18. The Morgan fingerprint density at radius 1 is 1.20 bits per heavy atom. The summed E-state index contributed by atoms with van der Waals surface area (Å²) < 4.78 is 1.76. The zero-order chi connectivity index (χ0) is 14.4. The summed E-state index contributed by atoms with van der Waals surface area (Å²) in [6.07, 6.45) is 5.07. The fourth-order valence-electron chi connectivity index (χ4n) is 2.31. The molecule has 4 nitrogen and oxygen atoms in total. The molecule has 108 valence electrons. The van der Waals surface area contributed by atoms with Gasteiger partial charge in [0.05, 0.1) is 5.69 Å². The molecule has 0 saturated heterocycles. The maximum absolute atomic E-state index is 4.20. The van der Waals surface area contributed by atoms with Gasteiger partial charge in [-0.1, -0.05) is 43.3 Å². The van der Waals surface area contributed by atoms with Gasteiger partial charge in [-0.15, -0.1) is 5.10 Å². The van der Waals surface area contributed by atoms with E-state index in [9.17, 15) is 0 Å². The number of nitrogens with one attached hydrogen (secondary N) is 1. The van der Waals surface area contributed by atoms with Crippen molar-refractivity contribution in [2.24, 2.45) is 7.05 Å². The van der Waals surface area contributed by atoms with Crippen molar-refractivity contribution >= 4 is 0 Å². The van der Waals surface area contributed by atoms with Gasteiger partial charge < -0.3 is 5.32 Å². The number of aromatic nitrogens is 3. The summed E-state index contributed by atoms with van der Waals surface area (Å²) in [5, 5.41) is 11.8. The lowest BCUT2D eigenvalue weighted by Crippen LogP contribution is -2.24. The molecule has 1 aromatic heterocycles. The molecule has 20 heavy (non-hydrogen) atoms. The van der Waals surface area contributed by atoms with Gasteiger partial charge in [0.25, 0.3) is 0 Å². The molecule has 2 rings (SSSR count). The first kappa shape index (κ1) is 14.7. The number of hydrogen-bond donors (Lipinski definition) is 1. The second-order valence-electron chi connectivity index (χ2n) is 5.19. The Kier molecular flexibility index (Phi) is 5.30. The molecule has 0 spiro atoms. The van der Waals surface area contributed by atoms with Crippen LogP contribution in [0.1, 0.15) is 43.1 Å². The van der Waals surface area contributed by atoms with Crippen molar-refractivity contribution in [3.8, 4) is 0 Å². The molecule has 0 aliphatic carbocycles. The molecule has 1 aromatic carbocycles. The number of benzene rings is 1. The molecule has 1 atom stereocenters. The number of nitrogens with zero attached hydrogens (tertiary/aromatic N) is 3. The van der Waals surface area contributed by atoms with Crippen LogP contribution >= 0.6 is 0 Å². The smallest absolute Gasteiger partial charge is 0.0845 e. The quantitative estimate of drug-likeness (QED) is 0.842. The summed E-state index contributed by atoms with van der Waals surface area (Å²) in [5.74, 6) is 0. The Balaban J connectivity index is 2.12. The van der Waals surface area contributed by atoms with Crippen molar-refractivity contribution in [2.75, 3.05) is 6.54 Å². The van der Waals surface area contributed by atoms with Gasteiger partial charge in [-0.2, -0.15) is 0 Å². The molecule has 4 heteroatoms. The standard InChI is InChI=1S/C16H24N4/c1-4-10-17-16(11-15-12-20(3)19-18-15)14-8-6-13(5-2)7-9-14/h6-9,12,16-17H,4-5,10-11H2,1-3H3. The van der Waals surface area contributed by atoms with Crippen LogP contribution < -0.4 is 5.32 Å². The van der Waals surface area contributed by atoms with E-state index in [0.717, 1.165) is 31.5 Å². The third-order valence-corrected chi connectivity index (χ3v) is 3.49. The van der Waals surface area contributed by atoms with E-state index >= 15 is 0 Å². The molecule has 1 N–H and O–H groups in total. The van der Waals surface area contributed by atoms with Gasteiger partial charge in [0.1, 0.15) is 0 Å². The Bertz CT molecular complexity index is 516. The Morgan fingerprint density at radius 3 is 2.50 bits per heavy atom. The Hall–Kier alpha value is -1.68. The second kappa shape index (κ2) is 7.20. The molecule has 2 aromatic rings. The minimum atomic E-state index is 0.303. The van der Waals surface area contributed by atoms with E-state index in [4.69, 9.17) is 0 Å². The highest BCUT2D eigenvalue weighted by molar-refractivity contribution is 5.26. The highest BCUT2D eigenvalue weighted by Gasteiger charge is 2.13. The Labute approximate surface area is 121 Å². The molecule has 0 radical (unpaired) electrons. The van der Waals surface area contributed by atoms with Crippen LogP contribution in [-0.2, 0) is 19.9 Å². The molecule has 0 bridgehead atoms. The average molecular weight is 272 g/mol. The summed E-state index contributed by atoms with van der Waals surface area (Å²) >= 11 is 0. The van der Waals surface area contributed by atoms with E-state index in [1.165, 1.54) is 11.1 Å². The van der Waals surface area contributed by atoms with Crippen LogP contribution in [0, 0.1) is 0 Å². The van der Waals surface area contributed by atoms with Crippen LogP contribution in [0.5, 0.6) is 0 Å². The van der Waals surface area contributed by atoms with Crippen molar-refractivity contribution in [2.45, 2.75) is 39.2 Å². The molecule has 1 unspecified atom stereocenters. The van der Waals surface area contributed by atoms with Crippen LogP contribution in [0.3, 0.4) is 0 Å². The highest BCUT2D eigenvalue weighted by atomic mass is 15.4. The summed E-state index contributed by atoms with van der Waals surface area (Å²) in [6, 6.07) is 9.18. The van der Waals surface area contributed by atoms with E-state index < -0.39 is 0 Å². The molecule has 1 heterocycles. The first-order valence-electron chi connectivity index (χ1n) is 7.40. The van der Waals surface area contributed by atoms with Crippen LogP contribution in [0.15, 0.2) is 30.5 Å². The first-order chi connectivity index (χ1) is 9.72. The fourth-order valence-corrected chi connectivity index (χ4v) is 2.31. The summed E-state index contributed by atoms with van der Waals surface area (Å²) in [5.41, 5.74) is 3.73. The normalized spacial score (nSPS) is 12.6. The van der Waals surface area contributed by atoms with Gasteiger partial charge in [-0.3, -0.25) is 4.68 Å². The number of aryl methyl sites for hydroxylation is 2. The lowest BCUT2D eigenvalue weighted by Gasteiger charge is -2.18. The molecule has 0 saturated carbocycles. The lowest BCUT2D eigenvalue weighted by atomic mass is 10.00. The molecule has 0 fully saturated rings. The SMILES string of the molecule is CCCNC(Cc1cn(C)nn1)c1ccc(CC)cc1.